The summed E-state index contributed by atoms with van der Waals surface area (Å²) < 4.78 is 5.93. The van der Waals surface area contributed by atoms with Crippen LogP contribution in [-0.4, -0.2) is 22.7 Å². The molecule has 1 aromatic heterocycles. The van der Waals surface area contributed by atoms with E-state index >= 15 is 0 Å². The summed E-state index contributed by atoms with van der Waals surface area (Å²) in [6, 6.07) is 12.1. The van der Waals surface area contributed by atoms with E-state index in [4.69, 9.17) is 10.5 Å². The number of aromatic amines is 1. The number of carbonyl (C=O) groups is 1. The highest BCUT2D eigenvalue weighted by Crippen LogP contribution is 2.40. The third-order valence-electron chi connectivity index (χ3n) is 3.85. The average Bonchev–Trinajstić information content (AvgIpc) is 2.83. The first-order valence-corrected chi connectivity index (χ1v) is 6.77. The molecule has 0 fully saturated rings. The second-order valence-electron chi connectivity index (χ2n) is 5.05. The van der Waals surface area contributed by atoms with Gasteiger partial charge < -0.3 is 10.5 Å². The molecule has 2 heterocycles. The van der Waals surface area contributed by atoms with Crippen LogP contribution in [0.15, 0.2) is 36.4 Å². The van der Waals surface area contributed by atoms with Crippen molar-refractivity contribution in [2.24, 2.45) is 5.73 Å². The lowest BCUT2D eigenvalue weighted by Gasteiger charge is -2.10. The Kier molecular flexibility index (Phi) is 2.47. The zero-order valence-corrected chi connectivity index (χ0v) is 11.2. The topological polar surface area (TPSA) is 81.0 Å². The van der Waals surface area contributed by atoms with Crippen LogP contribution in [0.3, 0.4) is 0 Å². The number of primary amides is 1. The molecule has 4 rings (SSSR count). The minimum atomic E-state index is -0.493. The molecule has 0 spiro atoms. The molecule has 0 aliphatic carbocycles. The number of nitrogens with two attached hydrogens (primary N) is 1. The molecule has 5 heteroatoms. The van der Waals surface area contributed by atoms with Gasteiger partial charge in [-0.25, -0.2) is 0 Å². The quantitative estimate of drug-likeness (QED) is 0.717. The van der Waals surface area contributed by atoms with E-state index in [9.17, 15) is 4.79 Å². The number of H-pyrrole nitrogens is 1. The fraction of sp³-hybridized carbons (Fsp3) is 0.125. The Hall–Kier alpha value is -2.82. The molecule has 104 valence electrons. The monoisotopic (exact) mass is 279 g/mol. The van der Waals surface area contributed by atoms with Gasteiger partial charge in [-0.05, 0) is 11.5 Å². The lowest BCUT2D eigenvalue weighted by Crippen LogP contribution is -2.14. The number of amides is 1. The molecule has 1 aliphatic heterocycles. The van der Waals surface area contributed by atoms with Crippen LogP contribution in [-0.2, 0) is 6.42 Å². The maximum atomic E-state index is 11.5. The molecule has 0 saturated heterocycles. The van der Waals surface area contributed by atoms with Crippen molar-refractivity contribution in [3.63, 3.8) is 0 Å². The van der Waals surface area contributed by atoms with E-state index < -0.39 is 5.91 Å². The number of nitrogens with zero attached hydrogens (tertiary/aromatic N) is 1. The van der Waals surface area contributed by atoms with Crippen molar-refractivity contribution in [1.29, 1.82) is 0 Å². The molecule has 2 aromatic carbocycles. The third kappa shape index (κ3) is 1.71. The summed E-state index contributed by atoms with van der Waals surface area (Å²) >= 11 is 0. The maximum absolute atomic E-state index is 11.5. The van der Waals surface area contributed by atoms with Crippen LogP contribution >= 0.6 is 0 Å². The summed E-state index contributed by atoms with van der Waals surface area (Å²) in [5.74, 6) is 0.322. The van der Waals surface area contributed by atoms with E-state index in [1.165, 1.54) is 0 Å². The highest BCUT2D eigenvalue weighted by molar-refractivity contribution is 5.98. The molecule has 5 nitrogen and oxygen atoms in total. The van der Waals surface area contributed by atoms with Crippen molar-refractivity contribution in [3.8, 4) is 17.0 Å². The first-order chi connectivity index (χ1) is 10.3. The van der Waals surface area contributed by atoms with E-state index in [0.29, 0.717) is 18.7 Å². The molecule has 0 atom stereocenters. The van der Waals surface area contributed by atoms with Gasteiger partial charge in [0.15, 0.2) is 0 Å². The van der Waals surface area contributed by atoms with Gasteiger partial charge in [0.1, 0.15) is 11.4 Å². The first kappa shape index (κ1) is 12.0. The number of nitrogens with one attached hydrogen (secondary N) is 1. The predicted molar refractivity (Wildman–Crippen MR) is 79.2 cm³/mol. The van der Waals surface area contributed by atoms with E-state index in [0.717, 1.165) is 33.3 Å². The fourth-order valence-electron chi connectivity index (χ4n) is 2.88. The van der Waals surface area contributed by atoms with Crippen molar-refractivity contribution in [2.45, 2.75) is 6.42 Å². The van der Waals surface area contributed by atoms with Gasteiger partial charge in [0, 0.05) is 22.9 Å². The lowest BCUT2D eigenvalue weighted by molar-refractivity contribution is 0.0994. The van der Waals surface area contributed by atoms with Gasteiger partial charge in [0.25, 0.3) is 5.91 Å². The van der Waals surface area contributed by atoms with Crippen LogP contribution in [0, 0.1) is 0 Å². The van der Waals surface area contributed by atoms with E-state index in [2.05, 4.69) is 10.2 Å². The normalized spacial score (nSPS) is 13.1. The smallest absolute Gasteiger partial charge is 0.267 e. The van der Waals surface area contributed by atoms with Gasteiger partial charge in [-0.2, -0.15) is 5.10 Å². The van der Waals surface area contributed by atoms with Crippen molar-refractivity contribution < 1.29 is 9.53 Å². The fourth-order valence-corrected chi connectivity index (χ4v) is 2.88. The highest BCUT2D eigenvalue weighted by atomic mass is 16.5. The largest absolute Gasteiger partial charge is 0.492 e. The summed E-state index contributed by atoms with van der Waals surface area (Å²) in [4.78, 5) is 11.5. The summed E-state index contributed by atoms with van der Waals surface area (Å²) in [5.41, 5.74) is 8.24. The van der Waals surface area contributed by atoms with Crippen molar-refractivity contribution in [3.05, 3.63) is 47.7 Å². The zero-order chi connectivity index (χ0) is 14.4. The molecule has 3 aromatic rings. The standard InChI is InChI=1S/C16H13N3O2/c17-16(20)14-11-7-8-21-15-10-4-2-1-3-9(10)5-6-12(15)13(11)18-19-14/h1-6H,7-8H2,(H2,17,20)(H,18,19). The number of ether oxygens (including phenoxy) is 1. The number of benzene rings is 2. The Bertz CT molecular complexity index is 867. The summed E-state index contributed by atoms with van der Waals surface area (Å²) in [7, 11) is 0. The molecule has 0 radical (unpaired) electrons. The van der Waals surface area contributed by atoms with Gasteiger partial charge >= 0.3 is 0 Å². The minimum absolute atomic E-state index is 0.370. The second-order valence-corrected chi connectivity index (χ2v) is 5.05. The maximum Gasteiger partial charge on any atom is 0.267 e. The summed E-state index contributed by atoms with van der Waals surface area (Å²) in [5, 5.41) is 9.20. The number of hydrogen-bond acceptors (Lipinski definition) is 3. The minimum Gasteiger partial charge on any atom is -0.492 e. The molecule has 0 saturated carbocycles. The number of hydrogen-bond donors (Lipinski definition) is 2. The van der Waals surface area contributed by atoms with Crippen LogP contribution in [0.2, 0.25) is 0 Å². The number of rotatable bonds is 1. The van der Waals surface area contributed by atoms with Gasteiger partial charge in [-0.1, -0.05) is 30.3 Å². The van der Waals surface area contributed by atoms with Crippen molar-refractivity contribution in [2.75, 3.05) is 6.61 Å². The Morgan fingerprint density at radius 1 is 1.24 bits per heavy atom. The Morgan fingerprint density at radius 3 is 2.95 bits per heavy atom. The van der Waals surface area contributed by atoms with Crippen LogP contribution in [0.4, 0.5) is 0 Å². The van der Waals surface area contributed by atoms with Crippen LogP contribution in [0.1, 0.15) is 16.1 Å². The Balaban J connectivity index is 2.03. The van der Waals surface area contributed by atoms with E-state index in [-0.39, 0.29) is 0 Å². The van der Waals surface area contributed by atoms with Crippen LogP contribution < -0.4 is 10.5 Å². The lowest BCUT2D eigenvalue weighted by atomic mass is 10.00. The van der Waals surface area contributed by atoms with Crippen molar-refractivity contribution >= 4 is 16.7 Å². The van der Waals surface area contributed by atoms with Gasteiger partial charge in [-0.15, -0.1) is 0 Å². The van der Waals surface area contributed by atoms with Gasteiger partial charge in [-0.3, -0.25) is 9.89 Å². The number of fused-ring (bicyclic) bond motifs is 5. The van der Waals surface area contributed by atoms with Gasteiger partial charge in [0.05, 0.1) is 12.3 Å². The molecular weight excluding hydrogens is 266 g/mol. The Labute approximate surface area is 120 Å². The van der Waals surface area contributed by atoms with E-state index in [1.54, 1.807) is 0 Å². The highest BCUT2D eigenvalue weighted by Gasteiger charge is 2.24. The van der Waals surface area contributed by atoms with Crippen LogP contribution in [0.5, 0.6) is 5.75 Å². The SMILES string of the molecule is NC(=O)c1[nH]nc2c1CCOc1c-2ccc2ccccc12. The zero-order valence-electron chi connectivity index (χ0n) is 11.2. The molecule has 21 heavy (non-hydrogen) atoms. The molecular formula is C16H13N3O2. The molecule has 1 aliphatic rings. The third-order valence-corrected chi connectivity index (χ3v) is 3.85. The van der Waals surface area contributed by atoms with Crippen LogP contribution in [0.25, 0.3) is 22.0 Å². The first-order valence-electron chi connectivity index (χ1n) is 6.77. The van der Waals surface area contributed by atoms with Crippen molar-refractivity contribution in [1.82, 2.24) is 10.2 Å². The molecule has 0 unspecified atom stereocenters. The predicted octanol–water partition coefficient (Wildman–Crippen LogP) is 2.26. The average molecular weight is 279 g/mol. The Morgan fingerprint density at radius 2 is 2.10 bits per heavy atom. The summed E-state index contributed by atoms with van der Waals surface area (Å²) in [6.07, 6.45) is 0.604. The molecule has 1 amide bonds. The van der Waals surface area contributed by atoms with Gasteiger partial charge in [0.2, 0.25) is 0 Å². The molecule has 0 bridgehead atoms. The van der Waals surface area contributed by atoms with E-state index in [1.807, 2.05) is 36.4 Å². The summed E-state index contributed by atoms with van der Waals surface area (Å²) in [6.45, 7) is 0.494. The second kappa shape index (κ2) is 4.34. The number of carbonyl (C=O) groups excluding carboxylic acids is 1. The number of aromatic nitrogens is 2. The molecule has 3 N–H and O–H groups in total.